The minimum absolute atomic E-state index is 0.0148. The van der Waals surface area contributed by atoms with Crippen LogP contribution in [0.15, 0.2) is 21.0 Å². The molecule has 0 aromatic carbocycles. The number of halogens is 1. The highest BCUT2D eigenvalue weighted by Crippen LogP contribution is 2.22. The highest BCUT2D eigenvalue weighted by atomic mass is 79.9. The Hall–Kier alpha value is -0.680. The molecule has 1 rings (SSSR count). The number of carbonyl (C=O) groups excluding carboxylic acids is 1. The van der Waals surface area contributed by atoms with E-state index in [9.17, 15) is 4.79 Å². The van der Waals surface area contributed by atoms with Crippen LogP contribution >= 0.6 is 27.3 Å². The van der Waals surface area contributed by atoms with E-state index >= 15 is 0 Å². The normalized spacial score (nSPS) is 11.7. The van der Waals surface area contributed by atoms with Crippen molar-refractivity contribution in [3.63, 3.8) is 0 Å². The fourth-order valence-corrected chi connectivity index (χ4v) is 3.52. The summed E-state index contributed by atoms with van der Waals surface area (Å²) in [4.78, 5) is 12.8. The zero-order chi connectivity index (χ0) is 16.2. The minimum atomic E-state index is 0.0148. The van der Waals surface area contributed by atoms with Gasteiger partial charge in [-0.25, -0.2) is 5.43 Å². The summed E-state index contributed by atoms with van der Waals surface area (Å²) < 4.78 is 1.07. The standard InChI is InChI=1S/C17H27BrN2OS/c1-3-4-5-6-7-8-9-10-11-17(21)20-19-14(2)15-12-13-16(18)22-15/h12-13H,3-11H2,1-2H3,(H,20,21)/b19-14+. The summed E-state index contributed by atoms with van der Waals surface area (Å²) in [5.41, 5.74) is 3.50. The predicted octanol–water partition coefficient (Wildman–Crippen LogP) is 5.88. The Morgan fingerprint density at radius 2 is 1.77 bits per heavy atom. The van der Waals surface area contributed by atoms with E-state index in [-0.39, 0.29) is 5.91 Å². The molecule has 0 saturated heterocycles. The second-order valence-corrected chi connectivity index (χ2v) is 8.02. The largest absolute Gasteiger partial charge is 0.273 e. The first-order chi connectivity index (χ1) is 10.6. The quantitative estimate of drug-likeness (QED) is 0.287. The van der Waals surface area contributed by atoms with E-state index in [2.05, 4.69) is 33.4 Å². The molecule has 0 aliphatic carbocycles. The highest BCUT2D eigenvalue weighted by molar-refractivity contribution is 9.11. The van der Waals surface area contributed by atoms with Gasteiger partial charge in [-0.05, 0) is 41.4 Å². The molecule has 0 aliphatic rings. The Balaban J connectivity index is 2.08. The topological polar surface area (TPSA) is 41.5 Å². The second-order valence-electron chi connectivity index (χ2n) is 5.56. The number of unbranched alkanes of at least 4 members (excludes halogenated alkanes) is 7. The summed E-state index contributed by atoms with van der Waals surface area (Å²) in [6.45, 7) is 4.15. The molecule has 1 aromatic rings. The predicted molar refractivity (Wildman–Crippen MR) is 99.6 cm³/mol. The number of nitrogens with zero attached hydrogens (tertiary/aromatic N) is 1. The lowest BCUT2D eigenvalue weighted by atomic mass is 10.1. The van der Waals surface area contributed by atoms with Crippen LogP contribution in [0.1, 0.15) is 76.5 Å². The molecule has 0 unspecified atom stereocenters. The van der Waals surface area contributed by atoms with Gasteiger partial charge in [0.15, 0.2) is 0 Å². The highest BCUT2D eigenvalue weighted by Gasteiger charge is 2.03. The van der Waals surface area contributed by atoms with E-state index in [0.717, 1.165) is 27.2 Å². The molecule has 5 heteroatoms. The number of rotatable bonds is 11. The lowest BCUT2D eigenvalue weighted by Crippen LogP contribution is -2.18. The van der Waals surface area contributed by atoms with Crippen LogP contribution in [0.5, 0.6) is 0 Å². The molecular formula is C17H27BrN2OS. The Morgan fingerprint density at radius 1 is 1.14 bits per heavy atom. The van der Waals surface area contributed by atoms with Gasteiger partial charge in [0.05, 0.1) is 14.4 Å². The van der Waals surface area contributed by atoms with Crippen molar-refractivity contribution in [2.75, 3.05) is 0 Å². The van der Waals surface area contributed by atoms with Gasteiger partial charge in [-0.2, -0.15) is 5.10 Å². The average molecular weight is 387 g/mol. The molecule has 0 saturated carbocycles. The van der Waals surface area contributed by atoms with Crippen LogP contribution in [0.2, 0.25) is 0 Å². The zero-order valence-electron chi connectivity index (χ0n) is 13.7. The van der Waals surface area contributed by atoms with Crippen LogP contribution in [0.3, 0.4) is 0 Å². The summed E-state index contributed by atoms with van der Waals surface area (Å²) in [5.74, 6) is 0.0148. The Labute approximate surface area is 146 Å². The number of hydrogen-bond donors (Lipinski definition) is 1. The van der Waals surface area contributed by atoms with Crippen molar-refractivity contribution in [2.45, 2.75) is 71.6 Å². The Bertz CT molecular complexity index is 471. The number of hydrogen-bond acceptors (Lipinski definition) is 3. The second kappa shape index (κ2) is 11.8. The van der Waals surface area contributed by atoms with Crippen molar-refractivity contribution in [3.8, 4) is 0 Å². The van der Waals surface area contributed by atoms with E-state index in [4.69, 9.17) is 0 Å². The lowest BCUT2D eigenvalue weighted by molar-refractivity contribution is -0.121. The van der Waals surface area contributed by atoms with Crippen molar-refractivity contribution >= 4 is 38.9 Å². The van der Waals surface area contributed by atoms with Gasteiger partial charge in [-0.3, -0.25) is 4.79 Å². The molecule has 0 radical (unpaired) electrons. The number of amides is 1. The summed E-state index contributed by atoms with van der Waals surface area (Å²) in [5, 5.41) is 4.16. The van der Waals surface area contributed by atoms with E-state index in [1.807, 2.05) is 19.1 Å². The molecule has 0 bridgehead atoms. The molecule has 1 N–H and O–H groups in total. The van der Waals surface area contributed by atoms with Gasteiger partial charge in [-0.15, -0.1) is 11.3 Å². The van der Waals surface area contributed by atoms with Crippen molar-refractivity contribution in [1.82, 2.24) is 5.43 Å². The summed E-state index contributed by atoms with van der Waals surface area (Å²) in [6.07, 6.45) is 10.5. The van der Waals surface area contributed by atoms with Crippen molar-refractivity contribution in [2.24, 2.45) is 5.10 Å². The fraction of sp³-hybridized carbons (Fsp3) is 0.647. The molecule has 0 atom stereocenters. The van der Waals surface area contributed by atoms with Gasteiger partial charge in [0.2, 0.25) is 5.91 Å². The first-order valence-electron chi connectivity index (χ1n) is 8.22. The molecule has 1 amide bonds. The maximum Gasteiger partial charge on any atom is 0.240 e. The monoisotopic (exact) mass is 386 g/mol. The van der Waals surface area contributed by atoms with E-state index in [0.29, 0.717) is 6.42 Å². The number of thiophene rings is 1. The van der Waals surface area contributed by atoms with Crippen molar-refractivity contribution in [1.29, 1.82) is 0 Å². The van der Waals surface area contributed by atoms with Gasteiger partial charge >= 0.3 is 0 Å². The molecule has 1 aromatic heterocycles. The van der Waals surface area contributed by atoms with Crippen LogP contribution in [0, 0.1) is 0 Å². The van der Waals surface area contributed by atoms with Crippen molar-refractivity contribution in [3.05, 3.63) is 20.8 Å². The Morgan fingerprint density at radius 3 is 2.36 bits per heavy atom. The van der Waals surface area contributed by atoms with Crippen LogP contribution in [-0.4, -0.2) is 11.6 Å². The number of nitrogens with one attached hydrogen (secondary N) is 1. The van der Waals surface area contributed by atoms with Gasteiger partial charge in [0.25, 0.3) is 0 Å². The number of hydrazone groups is 1. The van der Waals surface area contributed by atoms with E-state index in [1.54, 1.807) is 11.3 Å². The summed E-state index contributed by atoms with van der Waals surface area (Å²) in [6, 6.07) is 3.99. The Kier molecular flexibility index (Phi) is 10.4. The first-order valence-corrected chi connectivity index (χ1v) is 9.83. The third-order valence-electron chi connectivity index (χ3n) is 3.54. The molecular weight excluding hydrogens is 360 g/mol. The van der Waals surface area contributed by atoms with Crippen LogP contribution in [0.25, 0.3) is 0 Å². The third kappa shape index (κ3) is 8.69. The fourth-order valence-electron chi connectivity index (χ4n) is 2.19. The van der Waals surface area contributed by atoms with E-state index < -0.39 is 0 Å². The van der Waals surface area contributed by atoms with Crippen LogP contribution in [-0.2, 0) is 4.79 Å². The maximum absolute atomic E-state index is 11.7. The molecule has 0 aliphatic heterocycles. The average Bonchev–Trinajstić information content (AvgIpc) is 2.94. The maximum atomic E-state index is 11.7. The minimum Gasteiger partial charge on any atom is -0.273 e. The smallest absolute Gasteiger partial charge is 0.240 e. The molecule has 3 nitrogen and oxygen atoms in total. The lowest BCUT2D eigenvalue weighted by Gasteiger charge is -2.02. The van der Waals surface area contributed by atoms with Gasteiger partial charge in [0, 0.05) is 6.42 Å². The molecule has 0 spiro atoms. The van der Waals surface area contributed by atoms with Gasteiger partial charge in [-0.1, -0.05) is 51.9 Å². The summed E-state index contributed by atoms with van der Waals surface area (Å²) >= 11 is 5.04. The first kappa shape index (κ1) is 19.4. The van der Waals surface area contributed by atoms with Gasteiger partial charge < -0.3 is 0 Å². The zero-order valence-corrected chi connectivity index (χ0v) is 16.1. The molecule has 124 valence electrons. The van der Waals surface area contributed by atoms with E-state index in [1.165, 1.54) is 38.5 Å². The van der Waals surface area contributed by atoms with Crippen molar-refractivity contribution < 1.29 is 4.79 Å². The number of carbonyl (C=O) groups is 1. The molecule has 0 fully saturated rings. The summed E-state index contributed by atoms with van der Waals surface area (Å²) in [7, 11) is 0. The third-order valence-corrected chi connectivity index (χ3v) is 5.27. The van der Waals surface area contributed by atoms with Gasteiger partial charge in [0.1, 0.15) is 0 Å². The molecule has 22 heavy (non-hydrogen) atoms. The van der Waals surface area contributed by atoms with Crippen LogP contribution in [0.4, 0.5) is 0 Å². The molecule has 1 heterocycles. The SMILES string of the molecule is CCCCCCCCCCC(=O)N/N=C(\C)c1ccc(Br)s1. The van der Waals surface area contributed by atoms with Crippen LogP contribution < -0.4 is 5.43 Å².